The Morgan fingerprint density at radius 1 is 1.14 bits per heavy atom. The van der Waals surface area contributed by atoms with Gasteiger partial charge in [0.2, 0.25) is 0 Å². The van der Waals surface area contributed by atoms with Gasteiger partial charge in [-0.1, -0.05) is 29.8 Å². The number of aromatic nitrogens is 1. The smallest absolute Gasteiger partial charge is 0.295 e. The molecular weight excluding hydrogens is 501 g/mol. The summed E-state index contributed by atoms with van der Waals surface area (Å²) in [6.07, 6.45) is 0.466. The van der Waals surface area contributed by atoms with Gasteiger partial charge in [-0.25, -0.2) is 4.39 Å². The molecule has 0 saturated heterocycles. The van der Waals surface area contributed by atoms with Gasteiger partial charge in [-0.05, 0) is 48.9 Å². The van der Waals surface area contributed by atoms with Crippen LogP contribution in [0.15, 0.2) is 87.9 Å². The van der Waals surface area contributed by atoms with Crippen molar-refractivity contribution in [2.75, 3.05) is 25.6 Å². The molecule has 1 heterocycles. The molecule has 9 nitrogen and oxygen atoms in total. The summed E-state index contributed by atoms with van der Waals surface area (Å²) < 4.78 is 58.5. The normalized spacial score (nSPS) is 11.5. The second-order valence-electron chi connectivity index (χ2n) is 7.90. The van der Waals surface area contributed by atoms with Crippen LogP contribution in [-0.4, -0.2) is 38.2 Å². The third kappa shape index (κ3) is 8.31. The van der Waals surface area contributed by atoms with E-state index < -0.39 is 10.1 Å². The molecule has 0 atom stereocenters. The Kier molecular flexibility index (Phi) is 9.61. The van der Waals surface area contributed by atoms with Crippen LogP contribution in [0.3, 0.4) is 0 Å². The highest BCUT2D eigenvalue weighted by atomic mass is 32.2. The largest absolute Gasteiger partial charge is 0.497 e. The number of nitrogens with zero attached hydrogens (tertiary/aromatic N) is 1. The summed E-state index contributed by atoms with van der Waals surface area (Å²) in [5, 5.41) is 3.14. The highest BCUT2D eigenvalue weighted by Crippen LogP contribution is 2.24. The number of rotatable bonds is 9. The van der Waals surface area contributed by atoms with Crippen molar-refractivity contribution in [1.29, 1.82) is 0 Å². The number of oxazole rings is 1. The van der Waals surface area contributed by atoms with Crippen LogP contribution in [0.25, 0.3) is 11.1 Å². The molecule has 4 N–H and O–H groups in total. The van der Waals surface area contributed by atoms with Gasteiger partial charge in [0.15, 0.2) is 5.58 Å². The number of anilines is 1. The van der Waals surface area contributed by atoms with Gasteiger partial charge < -0.3 is 24.9 Å². The Labute approximate surface area is 214 Å². The summed E-state index contributed by atoms with van der Waals surface area (Å²) in [5.41, 5.74) is 9.06. The second-order valence-corrected chi connectivity index (χ2v) is 9.32. The van der Waals surface area contributed by atoms with Crippen molar-refractivity contribution in [2.24, 2.45) is 5.73 Å². The van der Waals surface area contributed by atoms with E-state index in [0.717, 1.165) is 16.9 Å². The molecule has 4 aromatic rings. The average molecular weight is 530 g/mol. The maximum absolute atomic E-state index is 12.5. The minimum atomic E-state index is -4.02. The van der Waals surface area contributed by atoms with E-state index in [9.17, 15) is 12.8 Å². The Hall–Kier alpha value is -3.93. The lowest BCUT2D eigenvalue weighted by atomic mass is 10.2. The standard InChI is InChI=1S/C19H20FN3O3.C7H8O3S/c1-24-15-4-2-3-13(7-15)11-22-19-23-17-6-5-16(8-18(17)26-19)25-12-14(9-20)10-21;1-6-2-4-7(5-3-6)11(8,9)10/h2-9H,10-12,21H2,1H3,(H,22,23);2-5H,1H3,(H,8,9,10). The second kappa shape index (κ2) is 12.9. The first kappa shape index (κ1) is 27.7. The molecule has 3 aromatic carbocycles. The minimum Gasteiger partial charge on any atom is -0.497 e. The van der Waals surface area contributed by atoms with Gasteiger partial charge >= 0.3 is 0 Å². The lowest BCUT2D eigenvalue weighted by Gasteiger charge is -2.06. The fraction of sp³-hybridized carbons (Fsp3) is 0.192. The molecule has 0 spiro atoms. The maximum atomic E-state index is 12.5. The van der Waals surface area contributed by atoms with E-state index in [0.29, 0.717) is 41.3 Å². The van der Waals surface area contributed by atoms with Crippen LogP contribution in [0, 0.1) is 6.92 Å². The number of halogens is 1. The molecule has 0 fully saturated rings. The van der Waals surface area contributed by atoms with E-state index in [-0.39, 0.29) is 18.0 Å². The molecule has 0 aliphatic carbocycles. The van der Waals surface area contributed by atoms with Crippen LogP contribution >= 0.6 is 0 Å². The molecule has 11 heteroatoms. The van der Waals surface area contributed by atoms with Crippen LogP contribution in [0.2, 0.25) is 0 Å². The third-order valence-electron chi connectivity index (χ3n) is 5.10. The third-order valence-corrected chi connectivity index (χ3v) is 5.97. The number of hydrogen-bond acceptors (Lipinski definition) is 8. The molecule has 0 bridgehead atoms. The van der Waals surface area contributed by atoms with Crippen molar-refractivity contribution in [2.45, 2.75) is 18.4 Å². The predicted octanol–water partition coefficient (Wildman–Crippen LogP) is 4.88. The number of methoxy groups -OCH3 is 1. The van der Waals surface area contributed by atoms with Gasteiger partial charge in [0, 0.05) is 24.7 Å². The molecule has 1 aromatic heterocycles. The molecule has 0 aliphatic rings. The van der Waals surface area contributed by atoms with Gasteiger partial charge in [-0.3, -0.25) is 4.55 Å². The highest BCUT2D eigenvalue weighted by molar-refractivity contribution is 7.85. The van der Waals surface area contributed by atoms with E-state index in [1.807, 2.05) is 31.2 Å². The fourth-order valence-electron chi connectivity index (χ4n) is 3.05. The van der Waals surface area contributed by atoms with E-state index in [1.165, 1.54) is 12.1 Å². The predicted molar refractivity (Wildman–Crippen MR) is 139 cm³/mol. The number of benzene rings is 3. The Morgan fingerprint density at radius 3 is 2.54 bits per heavy atom. The van der Waals surface area contributed by atoms with E-state index in [4.69, 9.17) is 24.2 Å². The molecular formula is C26H28FN3O6S. The zero-order valence-corrected chi connectivity index (χ0v) is 21.2. The molecule has 0 amide bonds. The molecule has 196 valence electrons. The van der Waals surface area contributed by atoms with Crippen LogP contribution in [-0.2, 0) is 16.7 Å². The highest BCUT2D eigenvalue weighted by Gasteiger charge is 2.08. The zero-order valence-electron chi connectivity index (χ0n) is 20.3. The Morgan fingerprint density at radius 2 is 1.89 bits per heavy atom. The van der Waals surface area contributed by atoms with Crippen molar-refractivity contribution in [3.8, 4) is 11.5 Å². The van der Waals surface area contributed by atoms with Gasteiger partial charge in [-0.15, -0.1) is 0 Å². The monoisotopic (exact) mass is 529 g/mol. The van der Waals surface area contributed by atoms with E-state index in [2.05, 4.69) is 10.3 Å². The van der Waals surface area contributed by atoms with Gasteiger partial charge in [0.1, 0.15) is 23.6 Å². The van der Waals surface area contributed by atoms with Crippen molar-refractivity contribution in [3.63, 3.8) is 0 Å². The first-order valence-electron chi connectivity index (χ1n) is 11.1. The summed E-state index contributed by atoms with van der Waals surface area (Å²) in [6, 6.07) is 19.4. The number of hydrogen-bond donors (Lipinski definition) is 3. The van der Waals surface area contributed by atoms with Crippen molar-refractivity contribution in [3.05, 3.63) is 89.8 Å². The van der Waals surface area contributed by atoms with Crippen molar-refractivity contribution < 1.29 is 31.3 Å². The zero-order chi connectivity index (χ0) is 26.8. The number of ether oxygens (including phenoxy) is 2. The summed E-state index contributed by atoms with van der Waals surface area (Å²) in [6.45, 7) is 2.59. The van der Waals surface area contributed by atoms with Crippen LogP contribution in [0.5, 0.6) is 11.5 Å². The van der Waals surface area contributed by atoms with Crippen molar-refractivity contribution in [1.82, 2.24) is 4.98 Å². The number of fused-ring (bicyclic) bond motifs is 1. The first-order valence-corrected chi connectivity index (χ1v) is 12.6. The molecule has 0 aliphatic heterocycles. The van der Waals surface area contributed by atoms with Crippen molar-refractivity contribution >= 4 is 27.2 Å². The Balaban J connectivity index is 0.000000289. The van der Waals surface area contributed by atoms with Gasteiger partial charge in [-0.2, -0.15) is 13.4 Å². The average Bonchev–Trinajstić information content (AvgIpc) is 3.30. The Bertz CT molecular complexity index is 1450. The lowest BCUT2D eigenvalue weighted by Crippen LogP contribution is -2.10. The quantitative estimate of drug-likeness (QED) is 0.259. The van der Waals surface area contributed by atoms with Gasteiger partial charge in [0.05, 0.1) is 18.3 Å². The molecule has 0 radical (unpaired) electrons. The summed E-state index contributed by atoms with van der Waals surface area (Å²) >= 11 is 0. The number of nitrogens with one attached hydrogen (secondary N) is 1. The fourth-order valence-corrected chi connectivity index (χ4v) is 3.53. The summed E-state index contributed by atoms with van der Waals surface area (Å²) in [5.74, 6) is 1.35. The minimum absolute atomic E-state index is 0.0666. The summed E-state index contributed by atoms with van der Waals surface area (Å²) in [7, 11) is -2.39. The molecule has 37 heavy (non-hydrogen) atoms. The van der Waals surface area contributed by atoms with E-state index >= 15 is 0 Å². The van der Waals surface area contributed by atoms with Crippen LogP contribution < -0.4 is 20.5 Å². The lowest BCUT2D eigenvalue weighted by molar-refractivity contribution is 0.347. The van der Waals surface area contributed by atoms with Gasteiger partial charge in [0.25, 0.3) is 16.1 Å². The molecule has 0 saturated carbocycles. The molecule has 0 unspecified atom stereocenters. The summed E-state index contributed by atoms with van der Waals surface area (Å²) in [4.78, 5) is 4.32. The topological polar surface area (TPSA) is 137 Å². The number of nitrogens with two attached hydrogens (primary N) is 1. The van der Waals surface area contributed by atoms with E-state index in [1.54, 1.807) is 37.4 Å². The maximum Gasteiger partial charge on any atom is 0.295 e. The van der Waals surface area contributed by atoms with Crippen LogP contribution in [0.1, 0.15) is 11.1 Å². The number of aryl methyl sites for hydroxylation is 1. The molecule has 4 rings (SSSR count). The SMILES string of the molecule is COc1cccc(CNc2nc3ccc(OCC(=CF)CN)cc3o2)c1.Cc1ccc(S(=O)(=O)O)cc1. The first-order chi connectivity index (χ1) is 17.7. The van der Waals surface area contributed by atoms with Crippen LogP contribution in [0.4, 0.5) is 10.4 Å².